The van der Waals surface area contributed by atoms with Crippen LogP contribution in [0.4, 0.5) is 0 Å². The lowest BCUT2D eigenvalue weighted by molar-refractivity contribution is -0.193. The number of hydrogen-bond acceptors (Lipinski definition) is 6. The normalized spacial score (nSPS) is 14.3. The standard InChI is InChI=1S/C17H19NO6/c1-3-10-23-13-6-4-12(11-14(13)22-2)5-9-17(21)24-18-15(19)7-8-16(18)20/h4-6,9,11H,3,7-8,10H2,1-2H3/b9-5+. The number of nitrogens with zero attached hydrogens (tertiary/aromatic N) is 1. The third-order valence-electron chi connectivity index (χ3n) is 3.25. The number of amides is 2. The molecule has 7 nitrogen and oxygen atoms in total. The molecule has 1 aromatic rings. The molecule has 1 saturated heterocycles. The molecule has 1 aliphatic heterocycles. The van der Waals surface area contributed by atoms with Gasteiger partial charge in [0, 0.05) is 18.9 Å². The fraction of sp³-hybridized carbons (Fsp3) is 0.353. The van der Waals surface area contributed by atoms with Crippen LogP contribution in [0.15, 0.2) is 24.3 Å². The summed E-state index contributed by atoms with van der Waals surface area (Å²) in [4.78, 5) is 39.2. The molecule has 24 heavy (non-hydrogen) atoms. The topological polar surface area (TPSA) is 82.1 Å². The minimum Gasteiger partial charge on any atom is -0.493 e. The number of hydrogen-bond donors (Lipinski definition) is 0. The van der Waals surface area contributed by atoms with E-state index in [1.807, 2.05) is 6.92 Å². The summed E-state index contributed by atoms with van der Waals surface area (Å²) >= 11 is 0. The van der Waals surface area contributed by atoms with Gasteiger partial charge in [0.25, 0.3) is 11.8 Å². The van der Waals surface area contributed by atoms with Crippen molar-refractivity contribution < 1.29 is 28.7 Å². The van der Waals surface area contributed by atoms with Crippen molar-refractivity contribution in [3.05, 3.63) is 29.8 Å². The maximum absolute atomic E-state index is 11.7. The SMILES string of the molecule is CCCOc1ccc(/C=C/C(=O)ON2C(=O)CCC2=O)cc1OC. The van der Waals surface area contributed by atoms with E-state index >= 15 is 0 Å². The van der Waals surface area contributed by atoms with Gasteiger partial charge in [-0.3, -0.25) is 9.59 Å². The average molecular weight is 333 g/mol. The first-order valence-corrected chi connectivity index (χ1v) is 7.61. The summed E-state index contributed by atoms with van der Waals surface area (Å²) in [6.07, 6.45) is 3.64. The van der Waals surface area contributed by atoms with Crippen molar-refractivity contribution in [2.45, 2.75) is 26.2 Å². The van der Waals surface area contributed by atoms with Gasteiger partial charge in [0.05, 0.1) is 13.7 Å². The molecule has 0 aliphatic carbocycles. The molecule has 0 spiro atoms. The van der Waals surface area contributed by atoms with Gasteiger partial charge >= 0.3 is 5.97 Å². The van der Waals surface area contributed by atoms with Gasteiger partial charge < -0.3 is 14.3 Å². The summed E-state index contributed by atoms with van der Waals surface area (Å²) in [6, 6.07) is 5.21. The zero-order chi connectivity index (χ0) is 17.5. The zero-order valence-electron chi connectivity index (χ0n) is 13.6. The minimum atomic E-state index is -0.802. The number of hydroxylamine groups is 2. The van der Waals surface area contributed by atoms with Crippen molar-refractivity contribution in [1.29, 1.82) is 0 Å². The van der Waals surface area contributed by atoms with E-state index in [0.717, 1.165) is 12.5 Å². The number of methoxy groups -OCH3 is 1. The van der Waals surface area contributed by atoms with E-state index in [0.29, 0.717) is 28.7 Å². The Hall–Kier alpha value is -2.83. The molecule has 0 saturated carbocycles. The van der Waals surface area contributed by atoms with Crippen LogP contribution >= 0.6 is 0 Å². The predicted molar refractivity (Wildman–Crippen MR) is 85.0 cm³/mol. The lowest BCUT2D eigenvalue weighted by atomic mass is 10.2. The summed E-state index contributed by atoms with van der Waals surface area (Å²) in [5.74, 6) is -0.665. The van der Waals surface area contributed by atoms with Gasteiger partial charge in [0.2, 0.25) is 0 Å². The number of carbonyl (C=O) groups excluding carboxylic acids is 3. The Bertz CT molecular complexity index is 651. The van der Waals surface area contributed by atoms with Crippen molar-refractivity contribution in [1.82, 2.24) is 5.06 Å². The smallest absolute Gasteiger partial charge is 0.356 e. The second-order valence-electron chi connectivity index (χ2n) is 5.08. The fourth-order valence-corrected chi connectivity index (χ4v) is 2.06. The highest BCUT2D eigenvalue weighted by Crippen LogP contribution is 2.28. The van der Waals surface area contributed by atoms with E-state index in [1.165, 1.54) is 13.2 Å². The summed E-state index contributed by atoms with van der Waals surface area (Å²) in [5, 5.41) is 0.509. The Kier molecular flexibility index (Phi) is 5.95. The number of ether oxygens (including phenoxy) is 2. The first-order chi connectivity index (χ1) is 11.5. The molecular weight excluding hydrogens is 314 g/mol. The number of imide groups is 1. The number of carbonyl (C=O) groups is 3. The highest BCUT2D eigenvalue weighted by molar-refractivity contribution is 6.02. The molecule has 2 amide bonds. The molecule has 1 aromatic carbocycles. The van der Waals surface area contributed by atoms with Crippen LogP contribution in [0.3, 0.4) is 0 Å². The Morgan fingerprint density at radius 2 is 1.92 bits per heavy atom. The van der Waals surface area contributed by atoms with Crippen LogP contribution in [0.1, 0.15) is 31.7 Å². The third kappa shape index (κ3) is 4.34. The molecule has 2 rings (SSSR count). The maximum atomic E-state index is 11.7. The Balaban J connectivity index is 2.01. The van der Waals surface area contributed by atoms with Gasteiger partial charge in [-0.2, -0.15) is 0 Å². The lowest BCUT2D eigenvalue weighted by Gasteiger charge is -2.11. The van der Waals surface area contributed by atoms with Crippen LogP contribution in [-0.2, 0) is 19.2 Å². The first kappa shape index (κ1) is 17.5. The van der Waals surface area contributed by atoms with Crippen LogP contribution < -0.4 is 9.47 Å². The lowest BCUT2D eigenvalue weighted by Crippen LogP contribution is -2.31. The second-order valence-corrected chi connectivity index (χ2v) is 5.08. The quantitative estimate of drug-likeness (QED) is 0.561. The van der Waals surface area contributed by atoms with E-state index in [-0.39, 0.29) is 12.8 Å². The molecule has 7 heteroatoms. The molecule has 0 bridgehead atoms. The Morgan fingerprint density at radius 1 is 1.21 bits per heavy atom. The number of benzene rings is 1. The van der Waals surface area contributed by atoms with Crippen LogP contribution in [0.25, 0.3) is 6.08 Å². The van der Waals surface area contributed by atoms with Crippen molar-refractivity contribution in [3.8, 4) is 11.5 Å². The third-order valence-corrected chi connectivity index (χ3v) is 3.25. The van der Waals surface area contributed by atoms with Crippen molar-refractivity contribution in [2.75, 3.05) is 13.7 Å². The molecule has 0 N–H and O–H groups in total. The summed E-state index contributed by atoms with van der Waals surface area (Å²) < 4.78 is 10.8. The van der Waals surface area contributed by atoms with E-state index in [9.17, 15) is 14.4 Å². The van der Waals surface area contributed by atoms with Crippen LogP contribution in [0.2, 0.25) is 0 Å². The maximum Gasteiger partial charge on any atom is 0.356 e. The monoisotopic (exact) mass is 333 g/mol. The second kappa shape index (κ2) is 8.14. The van der Waals surface area contributed by atoms with Gasteiger partial charge in [0.15, 0.2) is 11.5 Å². The van der Waals surface area contributed by atoms with Gasteiger partial charge in [-0.15, -0.1) is 5.06 Å². The number of rotatable bonds is 7. The summed E-state index contributed by atoms with van der Waals surface area (Å²) in [6.45, 7) is 2.58. The molecule has 1 fully saturated rings. The molecule has 128 valence electrons. The van der Waals surface area contributed by atoms with Crippen molar-refractivity contribution in [2.24, 2.45) is 0 Å². The van der Waals surface area contributed by atoms with E-state index in [4.69, 9.17) is 14.3 Å². The molecule has 0 atom stereocenters. The highest BCUT2D eigenvalue weighted by atomic mass is 16.7. The predicted octanol–water partition coefficient (Wildman–Crippen LogP) is 2.10. The highest BCUT2D eigenvalue weighted by Gasteiger charge is 2.32. The fourth-order valence-electron chi connectivity index (χ4n) is 2.06. The molecule has 0 aromatic heterocycles. The summed E-state index contributed by atoms with van der Waals surface area (Å²) in [7, 11) is 1.53. The van der Waals surface area contributed by atoms with Crippen LogP contribution in [0, 0.1) is 0 Å². The minimum absolute atomic E-state index is 0.0618. The Labute approximate surface area is 139 Å². The molecule has 1 aliphatic rings. The van der Waals surface area contributed by atoms with Crippen LogP contribution in [0.5, 0.6) is 11.5 Å². The van der Waals surface area contributed by atoms with Gasteiger partial charge in [-0.05, 0) is 30.2 Å². The molecule has 0 radical (unpaired) electrons. The van der Waals surface area contributed by atoms with Crippen molar-refractivity contribution >= 4 is 23.9 Å². The average Bonchev–Trinajstić information content (AvgIpc) is 2.90. The summed E-state index contributed by atoms with van der Waals surface area (Å²) in [5.41, 5.74) is 0.687. The molecular formula is C17H19NO6. The largest absolute Gasteiger partial charge is 0.493 e. The zero-order valence-corrected chi connectivity index (χ0v) is 13.6. The first-order valence-electron chi connectivity index (χ1n) is 7.61. The van der Waals surface area contributed by atoms with E-state index in [2.05, 4.69) is 0 Å². The van der Waals surface area contributed by atoms with Crippen molar-refractivity contribution in [3.63, 3.8) is 0 Å². The molecule has 1 heterocycles. The van der Waals surface area contributed by atoms with Crippen LogP contribution in [-0.4, -0.2) is 36.6 Å². The Morgan fingerprint density at radius 3 is 2.54 bits per heavy atom. The van der Waals surface area contributed by atoms with E-state index < -0.39 is 17.8 Å². The van der Waals surface area contributed by atoms with E-state index in [1.54, 1.807) is 18.2 Å². The van der Waals surface area contributed by atoms with Gasteiger partial charge in [0.1, 0.15) is 0 Å². The van der Waals surface area contributed by atoms with Gasteiger partial charge in [-0.1, -0.05) is 13.0 Å². The van der Waals surface area contributed by atoms with Gasteiger partial charge in [-0.25, -0.2) is 4.79 Å². The molecule has 0 unspecified atom stereocenters.